The zero-order valence-electron chi connectivity index (χ0n) is 25.1. The van der Waals surface area contributed by atoms with E-state index in [9.17, 15) is 14.4 Å². The number of aryl methyl sites for hydroxylation is 1. The van der Waals surface area contributed by atoms with Crippen LogP contribution in [-0.4, -0.2) is 35.3 Å². The number of carbonyl (C=O) groups is 3. The van der Waals surface area contributed by atoms with Crippen molar-refractivity contribution in [1.29, 1.82) is 0 Å². The van der Waals surface area contributed by atoms with E-state index in [4.69, 9.17) is 9.47 Å². The van der Waals surface area contributed by atoms with Gasteiger partial charge in [-0.3, -0.25) is 21.0 Å². The van der Waals surface area contributed by atoms with Crippen molar-refractivity contribution in [3.63, 3.8) is 0 Å². The second-order valence-corrected chi connectivity index (χ2v) is 11.8. The minimum Gasteiger partial charge on any atom is -0.444 e. The van der Waals surface area contributed by atoms with Gasteiger partial charge in [0.05, 0.1) is 0 Å². The highest BCUT2D eigenvalue weighted by Crippen LogP contribution is 2.13. The Labute approximate surface area is 234 Å². The molecule has 3 amide bonds. The molecule has 0 unspecified atom stereocenters. The highest BCUT2D eigenvalue weighted by molar-refractivity contribution is 6.01. The highest BCUT2D eigenvalue weighted by atomic mass is 16.6. The van der Waals surface area contributed by atoms with Gasteiger partial charge in [-0.15, -0.1) is 4.99 Å². The molecule has 0 saturated heterocycles. The molecule has 0 aliphatic rings. The summed E-state index contributed by atoms with van der Waals surface area (Å²) in [6, 6.07) is 7.37. The number of hydrazine groups is 1. The number of alkyl carbamates (subject to hydrolysis) is 1. The van der Waals surface area contributed by atoms with Crippen molar-refractivity contribution >= 4 is 24.1 Å². The molecule has 0 radical (unpaired) electrons. The van der Waals surface area contributed by atoms with Crippen molar-refractivity contribution < 1.29 is 23.9 Å². The molecule has 0 spiro atoms. The van der Waals surface area contributed by atoms with Crippen LogP contribution < -0.4 is 16.2 Å². The Morgan fingerprint density at radius 2 is 1.23 bits per heavy atom. The number of amides is 3. The smallest absolute Gasteiger partial charge is 0.437 e. The van der Waals surface area contributed by atoms with Gasteiger partial charge in [0.1, 0.15) is 11.2 Å². The van der Waals surface area contributed by atoms with E-state index in [0.717, 1.165) is 12.8 Å². The predicted octanol–water partition coefficient (Wildman–Crippen LogP) is 7.20. The Morgan fingerprint density at radius 3 is 1.74 bits per heavy atom. The van der Waals surface area contributed by atoms with Gasteiger partial charge in [-0.2, -0.15) is 0 Å². The number of hydrogen-bond acceptors (Lipinski definition) is 5. The fraction of sp³-hybridized carbons (Fsp3) is 0.667. The van der Waals surface area contributed by atoms with Gasteiger partial charge in [-0.25, -0.2) is 9.59 Å². The molecule has 0 fully saturated rings. The first-order valence-corrected chi connectivity index (χ1v) is 14.3. The van der Waals surface area contributed by atoms with E-state index < -0.39 is 29.3 Å². The third-order valence-electron chi connectivity index (χ3n) is 5.55. The minimum atomic E-state index is -0.938. The predicted molar refractivity (Wildman–Crippen MR) is 156 cm³/mol. The van der Waals surface area contributed by atoms with Crippen LogP contribution in [0.15, 0.2) is 29.3 Å². The summed E-state index contributed by atoms with van der Waals surface area (Å²) in [5.74, 6) is -0.784. The SMILES string of the molecule is CCCCCCCCCCCCc1ccc(C(=O)NN/C(=N\C(=O)OC(C)(C)C)NC(=O)OC(C)(C)C)cc1. The van der Waals surface area contributed by atoms with E-state index in [2.05, 4.69) is 28.1 Å². The number of aliphatic imine (C=N–C) groups is 1. The van der Waals surface area contributed by atoms with Crippen molar-refractivity contribution in [1.82, 2.24) is 16.2 Å². The molecule has 0 bridgehead atoms. The summed E-state index contributed by atoms with van der Waals surface area (Å²) in [5.41, 5.74) is 4.97. The van der Waals surface area contributed by atoms with Gasteiger partial charge in [-0.1, -0.05) is 76.8 Å². The minimum absolute atomic E-state index is 0.329. The zero-order valence-corrected chi connectivity index (χ0v) is 25.1. The molecular formula is C30H50N4O5. The lowest BCUT2D eigenvalue weighted by atomic mass is 10.0. The first-order chi connectivity index (χ1) is 18.3. The Bertz CT molecular complexity index is 915. The number of unbranched alkanes of at least 4 members (excludes halogenated alkanes) is 9. The zero-order chi connectivity index (χ0) is 29.3. The van der Waals surface area contributed by atoms with Crippen LogP contribution in [0.3, 0.4) is 0 Å². The van der Waals surface area contributed by atoms with Gasteiger partial charge in [0.2, 0.25) is 5.96 Å². The number of nitrogens with zero attached hydrogens (tertiary/aromatic N) is 1. The van der Waals surface area contributed by atoms with Gasteiger partial charge >= 0.3 is 12.2 Å². The second kappa shape index (κ2) is 17.5. The Hall–Kier alpha value is -3.10. The molecule has 39 heavy (non-hydrogen) atoms. The monoisotopic (exact) mass is 546 g/mol. The van der Waals surface area contributed by atoms with E-state index in [0.29, 0.717) is 5.56 Å². The van der Waals surface area contributed by atoms with Crippen LogP contribution in [0.25, 0.3) is 0 Å². The molecule has 9 heteroatoms. The van der Waals surface area contributed by atoms with Crippen molar-refractivity contribution in [2.45, 2.75) is 130 Å². The van der Waals surface area contributed by atoms with Crippen LogP contribution in [-0.2, 0) is 15.9 Å². The average Bonchev–Trinajstić information content (AvgIpc) is 2.81. The molecule has 0 saturated carbocycles. The quantitative estimate of drug-likeness (QED) is 0.110. The van der Waals surface area contributed by atoms with Gasteiger partial charge < -0.3 is 9.47 Å². The number of carbonyl (C=O) groups excluding carboxylic acids is 3. The molecule has 9 nitrogen and oxygen atoms in total. The Morgan fingerprint density at radius 1 is 0.718 bits per heavy atom. The molecule has 0 aliphatic carbocycles. The average molecular weight is 547 g/mol. The molecule has 3 N–H and O–H groups in total. The first kappa shape index (κ1) is 33.9. The third kappa shape index (κ3) is 17.9. The van der Waals surface area contributed by atoms with Crippen LogP contribution in [0.5, 0.6) is 0 Å². The van der Waals surface area contributed by atoms with Gasteiger partial charge in [-0.05, 0) is 72.1 Å². The topological polar surface area (TPSA) is 118 Å². The second-order valence-electron chi connectivity index (χ2n) is 11.8. The van der Waals surface area contributed by atoms with E-state index in [-0.39, 0.29) is 5.96 Å². The van der Waals surface area contributed by atoms with E-state index >= 15 is 0 Å². The molecule has 1 aromatic rings. The number of ether oxygens (including phenoxy) is 2. The summed E-state index contributed by atoms with van der Waals surface area (Å²) in [6.07, 6.45) is 12.2. The van der Waals surface area contributed by atoms with Crippen LogP contribution in [0, 0.1) is 0 Å². The normalized spacial score (nSPS) is 12.0. The molecular weight excluding hydrogens is 496 g/mol. The fourth-order valence-corrected chi connectivity index (χ4v) is 3.69. The summed E-state index contributed by atoms with van der Waals surface area (Å²) in [7, 11) is 0. The molecule has 1 rings (SSSR count). The van der Waals surface area contributed by atoms with Crippen LogP contribution in [0.1, 0.15) is 129 Å². The van der Waals surface area contributed by atoms with Crippen molar-refractivity contribution in [2.24, 2.45) is 4.99 Å². The van der Waals surface area contributed by atoms with E-state index in [1.807, 2.05) is 12.1 Å². The fourth-order valence-electron chi connectivity index (χ4n) is 3.69. The maximum absolute atomic E-state index is 12.6. The molecule has 0 aliphatic heterocycles. The maximum atomic E-state index is 12.6. The largest absolute Gasteiger partial charge is 0.444 e. The summed E-state index contributed by atoms with van der Waals surface area (Å²) in [4.78, 5) is 40.7. The first-order valence-electron chi connectivity index (χ1n) is 14.3. The molecule has 0 atom stereocenters. The van der Waals surface area contributed by atoms with Gasteiger partial charge in [0.25, 0.3) is 5.91 Å². The highest BCUT2D eigenvalue weighted by Gasteiger charge is 2.20. The lowest BCUT2D eigenvalue weighted by Crippen LogP contribution is -2.51. The number of hydrogen-bond donors (Lipinski definition) is 3. The van der Waals surface area contributed by atoms with Gasteiger partial charge in [0, 0.05) is 5.56 Å². The number of nitrogens with one attached hydrogen (secondary N) is 3. The van der Waals surface area contributed by atoms with Crippen molar-refractivity contribution in [2.75, 3.05) is 0 Å². The van der Waals surface area contributed by atoms with Crippen molar-refractivity contribution in [3.05, 3.63) is 35.4 Å². The summed E-state index contributed by atoms with van der Waals surface area (Å²) >= 11 is 0. The molecule has 220 valence electrons. The summed E-state index contributed by atoms with van der Waals surface area (Å²) < 4.78 is 10.4. The Balaban J connectivity index is 2.55. The summed E-state index contributed by atoms with van der Waals surface area (Å²) in [6.45, 7) is 12.4. The third-order valence-corrected chi connectivity index (χ3v) is 5.55. The number of guanidine groups is 1. The number of rotatable bonds is 12. The van der Waals surface area contributed by atoms with E-state index in [1.54, 1.807) is 53.7 Å². The molecule has 0 aromatic heterocycles. The van der Waals surface area contributed by atoms with Crippen LogP contribution >= 0.6 is 0 Å². The molecule has 1 aromatic carbocycles. The summed E-state index contributed by atoms with van der Waals surface area (Å²) in [5, 5.41) is 2.32. The lowest BCUT2D eigenvalue weighted by molar-refractivity contribution is 0.0558. The lowest BCUT2D eigenvalue weighted by Gasteiger charge is -2.21. The van der Waals surface area contributed by atoms with Crippen LogP contribution in [0.2, 0.25) is 0 Å². The van der Waals surface area contributed by atoms with Crippen molar-refractivity contribution in [3.8, 4) is 0 Å². The Kier molecular flexibility index (Phi) is 15.2. The number of benzene rings is 1. The standard InChI is InChI=1S/C30H50N4O5/c1-8-9-10-11-12-13-14-15-16-17-18-23-19-21-24(22-20-23)25(35)33-34-26(31-27(36)38-29(2,3)4)32-28(37)39-30(5,6)7/h19-22H,8-18H2,1-7H3,(H,33,35)(H2,31,32,34,36,37). The van der Waals surface area contributed by atoms with E-state index in [1.165, 1.54) is 63.4 Å². The maximum Gasteiger partial charge on any atom is 0.437 e. The molecule has 0 heterocycles. The van der Waals surface area contributed by atoms with Crippen LogP contribution in [0.4, 0.5) is 9.59 Å². The van der Waals surface area contributed by atoms with Gasteiger partial charge in [0.15, 0.2) is 0 Å².